The Morgan fingerprint density at radius 2 is 2.17 bits per heavy atom. The number of ether oxygens (including phenoxy) is 1. The number of hydrogen-bond acceptors (Lipinski definition) is 5. The standard InChI is InChI=1S/C18H20N2O4/c1-2-24-18(23)14-11-20-10-6-9-13(16(20)19-17(14)22)15(21)12-7-4-3-5-8-12/h3-5,7-8,11,13,15,21H,2,6,9-10H2,1H3/t13-,15-/m0/s1. The fourth-order valence-corrected chi connectivity index (χ4v) is 3.12. The number of aromatic nitrogens is 2. The quantitative estimate of drug-likeness (QED) is 0.869. The summed E-state index contributed by atoms with van der Waals surface area (Å²) in [6.45, 7) is 2.55. The molecule has 0 aliphatic carbocycles. The summed E-state index contributed by atoms with van der Waals surface area (Å²) in [7, 11) is 0. The molecule has 0 saturated heterocycles. The summed E-state index contributed by atoms with van der Waals surface area (Å²) in [6, 6.07) is 9.33. The van der Waals surface area contributed by atoms with Gasteiger partial charge < -0.3 is 14.4 Å². The lowest BCUT2D eigenvalue weighted by molar-refractivity contribution is 0.0522. The number of nitrogens with zero attached hydrogens (tertiary/aromatic N) is 2. The second-order valence-electron chi connectivity index (χ2n) is 5.84. The Balaban J connectivity index is 1.98. The highest BCUT2D eigenvalue weighted by Gasteiger charge is 2.30. The van der Waals surface area contributed by atoms with E-state index in [-0.39, 0.29) is 18.1 Å². The first-order valence-corrected chi connectivity index (χ1v) is 8.13. The number of hydrogen-bond donors (Lipinski definition) is 1. The predicted octanol–water partition coefficient (Wildman–Crippen LogP) is 2.03. The number of carbonyl (C=O) groups is 1. The molecule has 3 rings (SSSR count). The van der Waals surface area contributed by atoms with Crippen LogP contribution in [0.3, 0.4) is 0 Å². The molecule has 1 N–H and O–H groups in total. The van der Waals surface area contributed by atoms with E-state index < -0.39 is 17.6 Å². The van der Waals surface area contributed by atoms with Gasteiger partial charge >= 0.3 is 5.97 Å². The van der Waals surface area contributed by atoms with Crippen molar-refractivity contribution in [3.8, 4) is 0 Å². The Kier molecular flexibility index (Phi) is 4.76. The van der Waals surface area contributed by atoms with Crippen LogP contribution in [0.25, 0.3) is 0 Å². The average Bonchev–Trinajstić information content (AvgIpc) is 2.61. The van der Waals surface area contributed by atoms with Crippen LogP contribution in [-0.4, -0.2) is 27.2 Å². The van der Waals surface area contributed by atoms with Gasteiger partial charge in [-0.2, -0.15) is 4.98 Å². The first-order valence-electron chi connectivity index (χ1n) is 8.13. The fraction of sp³-hybridized carbons (Fsp3) is 0.389. The van der Waals surface area contributed by atoms with Crippen molar-refractivity contribution in [3.63, 3.8) is 0 Å². The molecule has 0 unspecified atom stereocenters. The van der Waals surface area contributed by atoms with Crippen LogP contribution in [0.15, 0.2) is 41.3 Å². The lowest BCUT2D eigenvalue weighted by atomic mass is 9.88. The van der Waals surface area contributed by atoms with Crippen molar-refractivity contribution in [1.82, 2.24) is 9.55 Å². The molecule has 24 heavy (non-hydrogen) atoms. The minimum absolute atomic E-state index is 0.0598. The zero-order chi connectivity index (χ0) is 17.1. The fourth-order valence-electron chi connectivity index (χ4n) is 3.12. The first-order chi connectivity index (χ1) is 11.6. The molecule has 2 atom stereocenters. The Bertz CT molecular complexity index is 785. The van der Waals surface area contributed by atoms with Gasteiger partial charge in [0.1, 0.15) is 11.4 Å². The second-order valence-corrected chi connectivity index (χ2v) is 5.84. The maximum absolute atomic E-state index is 12.2. The van der Waals surface area contributed by atoms with Crippen LogP contribution in [0.1, 0.15) is 53.5 Å². The molecule has 126 valence electrons. The van der Waals surface area contributed by atoms with Crippen molar-refractivity contribution in [2.45, 2.75) is 38.3 Å². The SMILES string of the molecule is CCOC(=O)c1cn2c(nc1=O)[C@H]([C@@H](O)c1ccccc1)CCC2. The van der Waals surface area contributed by atoms with E-state index in [2.05, 4.69) is 4.98 Å². The third-order valence-electron chi connectivity index (χ3n) is 4.29. The Labute approximate surface area is 139 Å². The van der Waals surface area contributed by atoms with Gasteiger partial charge in [-0.25, -0.2) is 4.79 Å². The van der Waals surface area contributed by atoms with Gasteiger partial charge in [0.05, 0.1) is 12.7 Å². The van der Waals surface area contributed by atoms with Gasteiger partial charge in [-0.3, -0.25) is 4.79 Å². The largest absolute Gasteiger partial charge is 0.462 e. The number of esters is 1. The van der Waals surface area contributed by atoms with Gasteiger partial charge in [-0.1, -0.05) is 30.3 Å². The maximum Gasteiger partial charge on any atom is 0.345 e. The third-order valence-corrected chi connectivity index (χ3v) is 4.29. The van der Waals surface area contributed by atoms with Crippen LogP contribution >= 0.6 is 0 Å². The molecule has 1 aromatic heterocycles. The normalized spacial score (nSPS) is 17.8. The van der Waals surface area contributed by atoms with Gasteiger partial charge in [-0.05, 0) is 25.3 Å². The number of carbonyl (C=O) groups excluding carboxylic acids is 1. The van der Waals surface area contributed by atoms with Crippen LogP contribution in [-0.2, 0) is 11.3 Å². The topological polar surface area (TPSA) is 81.4 Å². The molecule has 1 aliphatic rings. The molecule has 1 aromatic carbocycles. The monoisotopic (exact) mass is 328 g/mol. The van der Waals surface area contributed by atoms with E-state index >= 15 is 0 Å². The second kappa shape index (κ2) is 6.97. The molecule has 0 amide bonds. The molecule has 0 saturated carbocycles. The number of benzene rings is 1. The minimum Gasteiger partial charge on any atom is -0.462 e. The smallest absolute Gasteiger partial charge is 0.345 e. The van der Waals surface area contributed by atoms with Crippen LogP contribution in [0.4, 0.5) is 0 Å². The van der Waals surface area contributed by atoms with Crippen molar-refractivity contribution in [2.24, 2.45) is 0 Å². The molecule has 6 heteroatoms. The maximum atomic E-state index is 12.2. The molecule has 0 radical (unpaired) electrons. The first kappa shape index (κ1) is 16.4. The van der Waals surface area contributed by atoms with Crippen molar-refractivity contribution in [3.05, 3.63) is 63.8 Å². The lowest BCUT2D eigenvalue weighted by Gasteiger charge is -2.29. The van der Waals surface area contributed by atoms with Gasteiger partial charge in [0, 0.05) is 18.7 Å². The third kappa shape index (κ3) is 3.10. The van der Waals surface area contributed by atoms with Crippen LogP contribution in [0.2, 0.25) is 0 Å². The van der Waals surface area contributed by atoms with Crippen molar-refractivity contribution in [1.29, 1.82) is 0 Å². The van der Waals surface area contributed by atoms with E-state index in [0.29, 0.717) is 12.4 Å². The summed E-state index contributed by atoms with van der Waals surface area (Å²) in [5.74, 6) is -0.406. The van der Waals surface area contributed by atoms with Gasteiger partial charge in [0.2, 0.25) is 0 Å². The highest BCUT2D eigenvalue weighted by atomic mass is 16.5. The minimum atomic E-state index is -0.738. The summed E-state index contributed by atoms with van der Waals surface area (Å²) < 4.78 is 6.69. The van der Waals surface area contributed by atoms with Crippen molar-refractivity contribution < 1.29 is 14.6 Å². The van der Waals surface area contributed by atoms with E-state index in [9.17, 15) is 14.7 Å². The van der Waals surface area contributed by atoms with Crippen LogP contribution in [0, 0.1) is 0 Å². The van der Waals surface area contributed by atoms with E-state index in [0.717, 1.165) is 18.4 Å². The summed E-state index contributed by atoms with van der Waals surface area (Å²) in [5.41, 5.74) is 0.127. The van der Waals surface area contributed by atoms with Gasteiger partial charge in [0.25, 0.3) is 5.56 Å². The highest BCUT2D eigenvalue weighted by Crippen LogP contribution is 2.36. The highest BCUT2D eigenvalue weighted by molar-refractivity contribution is 5.88. The molecule has 2 aromatic rings. The molecule has 0 fully saturated rings. The van der Waals surface area contributed by atoms with Crippen LogP contribution < -0.4 is 5.56 Å². The predicted molar refractivity (Wildman–Crippen MR) is 87.8 cm³/mol. The Morgan fingerprint density at radius 1 is 1.42 bits per heavy atom. The Morgan fingerprint density at radius 3 is 2.88 bits per heavy atom. The zero-order valence-corrected chi connectivity index (χ0v) is 13.5. The molecule has 6 nitrogen and oxygen atoms in total. The van der Waals surface area contributed by atoms with Crippen molar-refractivity contribution >= 4 is 5.97 Å². The summed E-state index contributed by atoms with van der Waals surface area (Å²) in [4.78, 5) is 28.2. The number of rotatable bonds is 4. The number of aliphatic hydroxyl groups excluding tert-OH is 1. The summed E-state index contributed by atoms with van der Waals surface area (Å²) in [6.07, 6.45) is 2.35. The number of fused-ring (bicyclic) bond motifs is 1. The molecular weight excluding hydrogens is 308 g/mol. The summed E-state index contributed by atoms with van der Waals surface area (Å²) in [5, 5.41) is 10.7. The van der Waals surface area contributed by atoms with Gasteiger partial charge in [-0.15, -0.1) is 0 Å². The molecular formula is C18H20N2O4. The molecule has 0 spiro atoms. The zero-order valence-electron chi connectivity index (χ0n) is 13.5. The average molecular weight is 328 g/mol. The number of aliphatic hydroxyl groups is 1. The van der Waals surface area contributed by atoms with E-state index in [4.69, 9.17) is 4.74 Å². The molecule has 2 heterocycles. The van der Waals surface area contributed by atoms with Gasteiger partial charge in [0.15, 0.2) is 0 Å². The van der Waals surface area contributed by atoms with E-state index in [1.165, 1.54) is 6.20 Å². The molecule has 0 bridgehead atoms. The van der Waals surface area contributed by atoms with E-state index in [1.54, 1.807) is 11.5 Å². The van der Waals surface area contributed by atoms with E-state index in [1.807, 2.05) is 30.3 Å². The Hall–Kier alpha value is -2.47. The van der Waals surface area contributed by atoms with Crippen LogP contribution in [0.5, 0.6) is 0 Å². The molecule has 1 aliphatic heterocycles. The van der Waals surface area contributed by atoms with Crippen molar-refractivity contribution in [2.75, 3.05) is 6.61 Å². The number of aryl methyl sites for hydroxylation is 1. The summed E-state index contributed by atoms with van der Waals surface area (Å²) >= 11 is 0. The lowest BCUT2D eigenvalue weighted by Crippen LogP contribution is -2.31.